The molecule has 1 unspecified atom stereocenters. The fraction of sp³-hybridized carbons (Fsp3) is 1.00. The van der Waals surface area contributed by atoms with Gasteiger partial charge in [0.15, 0.2) is 0 Å². The summed E-state index contributed by atoms with van der Waals surface area (Å²) in [5.41, 5.74) is 0.522. The highest BCUT2D eigenvalue weighted by Gasteiger charge is 2.31. The van der Waals surface area contributed by atoms with Gasteiger partial charge in [0.2, 0.25) is 0 Å². The molecule has 0 radical (unpaired) electrons. The Morgan fingerprint density at radius 2 is 0.585 bits per heavy atom. The van der Waals surface area contributed by atoms with Gasteiger partial charge in [-0.3, -0.25) is 0 Å². The fourth-order valence-electron chi connectivity index (χ4n) is 7.44. The molecule has 1 N–H and O–H groups in total. The summed E-state index contributed by atoms with van der Waals surface area (Å²) in [6.07, 6.45) is 52.9. The van der Waals surface area contributed by atoms with Crippen LogP contribution < -0.4 is 5.32 Å². The molecule has 0 aromatic carbocycles. The number of rotatable bonds is 34. The first-order chi connectivity index (χ1) is 20.3. The standard InChI is InChI=1S/C40H81N/c1-3-5-7-9-11-13-15-16-17-18-19-20-21-22-23-24-25-26-28-30-32-34-37-40(38-35-39-41-40)36-33-31-29-27-14-12-10-8-6-4-2/h41H,3-39H2,1-2H3. The highest BCUT2D eigenvalue weighted by Crippen LogP contribution is 2.31. The van der Waals surface area contributed by atoms with Crippen LogP contribution in [0.3, 0.4) is 0 Å². The number of nitrogens with one attached hydrogen (secondary N) is 1. The summed E-state index contributed by atoms with van der Waals surface area (Å²) in [7, 11) is 0. The van der Waals surface area contributed by atoms with Crippen LogP contribution in [-0.4, -0.2) is 12.1 Å². The molecule has 1 nitrogen and oxygen atoms in total. The molecule has 0 spiro atoms. The first-order valence-electron chi connectivity index (χ1n) is 20.1. The highest BCUT2D eigenvalue weighted by molar-refractivity contribution is 4.92. The molecule has 0 aliphatic carbocycles. The Bertz CT molecular complexity index is 479. The second-order valence-electron chi connectivity index (χ2n) is 14.4. The molecule has 0 aromatic rings. The second-order valence-corrected chi connectivity index (χ2v) is 14.4. The van der Waals surface area contributed by atoms with E-state index in [0.717, 1.165) is 0 Å². The minimum Gasteiger partial charge on any atom is -0.311 e. The van der Waals surface area contributed by atoms with Crippen molar-refractivity contribution in [2.75, 3.05) is 6.54 Å². The lowest BCUT2D eigenvalue weighted by Crippen LogP contribution is -2.39. The van der Waals surface area contributed by atoms with Crippen LogP contribution >= 0.6 is 0 Å². The molecule has 0 bridgehead atoms. The molecule has 1 aliphatic rings. The topological polar surface area (TPSA) is 12.0 Å². The van der Waals surface area contributed by atoms with Crippen LogP contribution in [0.25, 0.3) is 0 Å². The molecule has 1 fully saturated rings. The van der Waals surface area contributed by atoms with E-state index in [2.05, 4.69) is 19.2 Å². The average Bonchev–Trinajstić information content (AvgIpc) is 3.45. The summed E-state index contributed by atoms with van der Waals surface area (Å²) in [5.74, 6) is 0. The third kappa shape index (κ3) is 26.1. The normalized spacial score (nSPS) is 17.1. The van der Waals surface area contributed by atoms with E-state index in [9.17, 15) is 0 Å². The Morgan fingerprint density at radius 3 is 0.805 bits per heavy atom. The smallest absolute Gasteiger partial charge is 0.0182 e. The molecule has 246 valence electrons. The largest absolute Gasteiger partial charge is 0.311 e. The monoisotopic (exact) mass is 576 g/mol. The van der Waals surface area contributed by atoms with Gasteiger partial charge in [-0.2, -0.15) is 0 Å². The van der Waals surface area contributed by atoms with Crippen LogP contribution in [0.5, 0.6) is 0 Å². The van der Waals surface area contributed by atoms with Gasteiger partial charge in [-0.1, -0.05) is 219 Å². The van der Waals surface area contributed by atoms with Crippen LogP contribution in [0.1, 0.15) is 245 Å². The fourth-order valence-corrected chi connectivity index (χ4v) is 7.44. The molecule has 1 heteroatoms. The highest BCUT2D eigenvalue weighted by atomic mass is 15.0. The molecular weight excluding hydrogens is 494 g/mol. The summed E-state index contributed by atoms with van der Waals surface area (Å²) in [6, 6.07) is 0. The first-order valence-corrected chi connectivity index (χ1v) is 20.1. The third-order valence-electron chi connectivity index (χ3n) is 10.3. The van der Waals surface area contributed by atoms with E-state index in [0.29, 0.717) is 5.54 Å². The van der Waals surface area contributed by atoms with Crippen molar-refractivity contribution in [1.82, 2.24) is 5.32 Å². The third-order valence-corrected chi connectivity index (χ3v) is 10.3. The van der Waals surface area contributed by atoms with Gasteiger partial charge in [-0.25, -0.2) is 0 Å². The van der Waals surface area contributed by atoms with Crippen LogP contribution in [0, 0.1) is 0 Å². The molecule has 1 atom stereocenters. The molecule has 0 amide bonds. The molecule has 41 heavy (non-hydrogen) atoms. The van der Waals surface area contributed by atoms with Crippen molar-refractivity contribution in [2.24, 2.45) is 0 Å². The summed E-state index contributed by atoms with van der Waals surface area (Å²) in [5, 5.41) is 3.96. The SMILES string of the molecule is CCCCCCCCCCCCCCCCCCCCCCCCC1(CCCCCCCCCCCC)CCCN1. The van der Waals surface area contributed by atoms with Crippen molar-refractivity contribution < 1.29 is 0 Å². The van der Waals surface area contributed by atoms with E-state index in [1.54, 1.807) is 0 Å². The van der Waals surface area contributed by atoms with E-state index in [1.807, 2.05) is 0 Å². The molecule has 1 saturated heterocycles. The quantitative estimate of drug-likeness (QED) is 0.0752. The van der Waals surface area contributed by atoms with Crippen LogP contribution in [0.15, 0.2) is 0 Å². The van der Waals surface area contributed by atoms with Gasteiger partial charge >= 0.3 is 0 Å². The maximum Gasteiger partial charge on any atom is 0.0182 e. The first kappa shape index (κ1) is 39.0. The van der Waals surface area contributed by atoms with Crippen LogP contribution in [0.2, 0.25) is 0 Å². The maximum absolute atomic E-state index is 3.96. The Morgan fingerprint density at radius 1 is 0.341 bits per heavy atom. The van der Waals surface area contributed by atoms with E-state index in [-0.39, 0.29) is 0 Å². The summed E-state index contributed by atoms with van der Waals surface area (Å²) < 4.78 is 0. The van der Waals surface area contributed by atoms with Crippen molar-refractivity contribution >= 4 is 0 Å². The van der Waals surface area contributed by atoms with Gasteiger partial charge in [0.1, 0.15) is 0 Å². The van der Waals surface area contributed by atoms with E-state index in [1.165, 1.54) is 238 Å². The Kier molecular flexibility index (Phi) is 29.8. The predicted octanol–water partition coefficient (Wildman–Crippen LogP) is 14.4. The molecule has 1 aliphatic heterocycles. The van der Waals surface area contributed by atoms with Gasteiger partial charge in [0.25, 0.3) is 0 Å². The zero-order valence-electron chi connectivity index (χ0n) is 29.2. The molecule has 0 aromatic heterocycles. The van der Waals surface area contributed by atoms with Gasteiger partial charge < -0.3 is 5.32 Å². The minimum atomic E-state index is 0.522. The molecule has 0 saturated carbocycles. The minimum absolute atomic E-state index is 0.522. The van der Waals surface area contributed by atoms with Crippen LogP contribution in [0.4, 0.5) is 0 Å². The molecule has 1 heterocycles. The molecule has 1 rings (SSSR count). The number of hydrogen-bond donors (Lipinski definition) is 1. The lowest BCUT2D eigenvalue weighted by atomic mass is 9.85. The Hall–Kier alpha value is -0.0400. The summed E-state index contributed by atoms with van der Waals surface area (Å²) >= 11 is 0. The Balaban J connectivity index is 1.80. The van der Waals surface area contributed by atoms with Gasteiger partial charge in [0, 0.05) is 5.54 Å². The predicted molar refractivity (Wildman–Crippen MR) is 188 cm³/mol. The lowest BCUT2D eigenvalue weighted by molar-refractivity contribution is 0.298. The zero-order valence-corrected chi connectivity index (χ0v) is 29.2. The van der Waals surface area contributed by atoms with Crippen molar-refractivity contribution in [3.63, 3.8) is 0 Å². The summed E-state index contributed by atoms with van der Waals surface area (Å²) in [4.78, 5) is 0. The van der Waals surface area contributed by atoms with Crippen molar-refractivity contribution in [3.05, 3.63) is 0 Å². The van der Waals surface area contributed by atoms with Crippen LogP contribution in [-0.2, 0) is 0 Å². The Labute approximate surface area is 262 Å². The maximum atomic E-state index is 3.96. The number of hydrogen-bond acceptors (Lipinski definition) is 1. The lowest BCUT2D eigenvalue weighted by Gasteiger charge is -2.30. The molecular formula is C40H81N. The van der Waals surface area contributed by atoms with Crippen molar-refractivity contribution in [3.8, 4) is 0 Å². The second kappa shape index (κ2) is 31.4. The number of unbranched alkanes of at least 4 members (excludes halogenated alkanes) is 30. The van der Waals surface area contributed by atoms with Crippen molar-refractivity contribution in [2.45, 2.75) is 251 Å². The van der Waals surface area contributed by atoms with Gasteiger partial charge in [0.05, 0.1) is 0 Å². The van der Waals surface area contributed by atoms with E-state index < -0.39 is 0 Å². The van der Waals surface area contributed by atoms with Crippen molar-refractivity contribution in [1.29, 1.82) is 0 Å². The van der Waals surface area contributed by atoms with E-state index >= 15 is 0 Å². The average molecular weight is 576 g/mol. The van der Waals surface area contributed by atoms with Gasteiger partial charge in [-0.05, 0) is 32.2 Å². The van der Waals surface area contributed by atoms with E-state index in [4.69, 9.17) is 0 Å². The zero-order chi connectivity index (χ0) is 29.4. The van der Waals surface area contributed by atoms with Gasteiger partial charge in [-0.15, -0.1) is 0 Å². The summed E-state index contributed by atoms with van der Waals surface area (Å²) in [6.45, 7) is 5.90.